The van der Waals surface area contributed by atoms with Crippen LogP contribution in [0.25, 0.3) is 0 Å². The molecular weight excluding hydrogens is 200 g/mol. The van der Waals surface area contributed by atoms with Crippen LogP contribution in [0, 0.1) is 13.8 Å². The fraction of sp³-hybridized carbons (Fsp3) is 0.462. The van der Waals surface area contributed by atoms with Crippen LogP contribution in [0.1, 0.15) is 22.6 Å². The highest BCUT2D eigenvalue weighted by Gasteiger charge is 2.21. The standard InChI is InChI=1S/C13H20N2O/c1-9-5-6-11(10(2)7-9)12(8-14)13(16)15(3)4/h5-7,12H,8,14H2,1-4H3. The number of amides is 1. The molecule has 0 radical (unpaired) electrons. The largest absolute Gasteiger partial charge is 0.348 e. The van der Waals surface area contributed by atoms with Crippen LogP contribution >= 0.6 is 0 Å². The summed E-state index contributed by atoms with van der Waals surface area (Å²) in [6.07, 6.45) is 0. The minimum absolute atomic E-state index is 0.0643. The van der Waals surface area contributed by atoms with Gasteiger partial charge in [-0.15, -0.1) is 0 Å². The first-order valence-corrected chi connectivity index (χ1v) is 5.45. The number of hydrogen-bond donors (Lipinski definition) is 1. The Morgan fingerprint density at radius 1 is 1.38 bits per heavy atom. The van der Waals surface area contributed by atoms with Gasteiger partial charge in [0.05, 0.1) is 5.92 Å². The number of likely N-dealkylation sites (N-methyl/N-ethyl adjacent to an activating group) is 1. The maximum atomic E-state index is 12.0. The van der Waals surface area contributed by atoms with Crippen molar-refractivity contribution in [3.63, 3.8) is 0 Å². The molecule has 0 spiro atoms. The molecule has 88 valence electrons. The van der Waals surface area contributed by atoms with Crippen molar-refractivity contribution in [2.24, 2.45) is 5.73 Å². The molecular formula is C13H20N2O. The van der Waals surface area contributed by atoms with Gasteiger partial charge in [0, 0.05) is 20.6 Å². The molecule has 1 amide bonds. The van der Waals surface area contributed by atoms with Crippen molar-refractivity contribution in [2.75, 3.05) is 20.6 Å². The minimum Gasteiger partial charge on any atom is -0.348 e. The zero-order valence-electron chi connectivity index (χ0n) is 10.4. The molecule has 0 aliphatic rings. The first-order valence-electron chi connectivity index (χ1n) is 5.45. The van der Waals surface area contributed by atoms with Crippen LogP contribution in [0.2, 0.25) is 0 Å². The maximum Gasteiger partial charge on any atom is 0.230 e. The summed E-state index contributed by atoms with van der Waals surface area (Å²) in [7, 11) is 3.52. The predicted octanol–water partition coefficient (Wildman–Crippen LogP) is 1.43. The summed E-state index contributed by atoms with van der Waals surface area (Å²) in [5.74, 6) is -0.162. The Balaban J connectivity index is 3.09. The lowest BCUT2D eigenvalue weighted by atomic mass is 9.92. The highest BCUT2D eigenvalue weighted by molar-refractivity contribution is 5.84. The van der Waals surface area contributed by atoms with E-state index in [0.717, 1.165) is 11.1 Å². The van der Waals surface area contributed by atoms with Crippen molar-refractivity contribution in [1.29, 1.82) is 0 Å². The van der Waals surface area contributed by atoms with Gasteiger partial charge in [0.25, 0.3) is 0 Å². The van der Waals surface area contributed by atoms with Gasteiger partial charge in [-0.05, 0) is 25.0 Å². The third-order valence-corrected chi connectivity index (χ3v) is 2.78. The summed E-state index contributed by atoms with van der Waals surface area (Å²) >= 11 is 0. The van der Waals surface area contributed by atoms with Crippen LogP contribution in [-0.4, -0.2) is 31.4 Å². The molecule has 3 heteroatoms. The summed E-state index contributed by atoms with van der Waals surface area (Å²) in [4.78, 5) is 13.6. The lowest BCUT2D eigenvalue weighted by molar-refractivity contribution is -0.130. The van der Waals surface area contributed by atoms with Gasteiger partial charge in [0.1, 0.15) is 0 Å². The summed E-state index contributed by atoms with van der Waals surface area (Å²) in [6, 6.07) is 6.11. The topological polar surface area (TPSA) is 46.3 Å². The van der Waals surface area contributed by atoms with Gasteiger partial charge < -0.3 is 10.6 Å². The molecule has 1 atom stereocenters. The monoisotopic (exact) mass is 220 g/mol. The molecule has 0 aliphatic heterocycles. The van der Waals surface area contributed by atoms with Crippen LogP contribution < -0.4 is 5.73 Å². The SMILES string of the molecule is Cc1ccc(C(CN)C(=O)N(C)C)c(C)c1. The second kappa shape index (κ2) is 5.12. The molecule has 1 rings (SSSR count). The third kappa shape index (κ3) is 2.61. The molecule has 0 saturated carbocycles. The van der Waals surface area contributed by atoms with Crippen molar-refractivity contribution in [3.05, 3.63) is 34.9 Å². The minimum atomic E-state index is -0.226. The van der Waals surface area contributed by atoms with Gasteiger partial charge in [-0.1, -0.05) is 23.8 Å². The number of aryl methyl sites for hydroxylation is 2. The number of nitrogens with two attached hydrogens (primary N) is 1. The van der Waals surface area contributed by atoms with Crippen LogP contribution in [0.5, 0.6) is 0 Å². The second-order valence-corrected chi connectivity index (χ2v) is 4.38. The average Bonchev–Trinajstić information content (AvgIpc) is 2.21. The van der Waals surface area contributed by atoms with Crippen molar-refractivity contribution in [2.45, 2.75) is 19.8 Å². The Morgan fingerprint density at radius 2 is 2.00 bits per heavy atom. The van der Waals surface area contributed by atoms with Crippen LogP contribution in [-0.2, 0) is 4.79 Å². The second-order valence-electron chi connectivity index (χ2n) is 4.38. The van der Waals surface area contributed by atoms with E-state index in [4.69, 9.17) is 5.73 Å². The van der Waals surface area contributed by atoms with Gasteiger partial charge in [-0.2, -0.15) is 0 Å². The molecule has 1 unspecified atom stereocenters. The Kier molecular flexibility index (Phi) is 4.07. The lowest BCUT2D eigenvalue weighted by Crippen LogP contribution is -2.32. The fourth-order valence-electron chi connectivity index (χ4n) is 1.89. The number of hydrogen-bond acceptors (Lipinski definition) is 2. The fourth-order valence-corrected chi connectivity index (χ4v) is 1.89. The molecule has 0 saturated heterocycles. The Morgan fingerprint density at radius 3 is 2.44 bits per heavy atom. The number of rotatable bonds is 3. The van der Waals surface area contributed by atoms with Gasteiger partial charge in [-0.25, -0.2) is 0 Å². The molecule has 1 aromatic carbocycles. The van der Waals surface area contributed by atoms with Crippen LogP contribution in [0.4, 0.5) is 0 Å². The summed E-state index contributed by atoms with van der Waals surface area (Å²) in [5.41, 5.74) is 9.07. The van der Waals surface area contributed by atoms with Gasteiger partial charge in [-0.3, -0.25) is 4.79 Å². The van der Waals surface area contributed by atoms with Crippen LogP contribution in [0.3, 0.4) is 0 Å². The summed E-state index contributed by atoms with van der Waals surface area (Å²) in [5, 5.41) is 0. The molecule has 3 nitrogen and oxygen atoms in total. The van der Waals surface area contributed by atoms with E-state index in [1.54, 1.807) is 19.0 Å². The summed E-state index contributed by atoms with van der Waals surface area (Å²) < 4.78 is 0. The normalized spacial score (nSPS) is 12.3. The zero-order valence-corrected chi connectivity index (χ0v) is 10.4. The van der Waals surface area contributed by atoms with Gasteiger partial charge >= 0.3 is 0 Å². The average molecular weight is 220 g/mol. The quantitative estimate of drug-likeness (QED) is 0.837. The Bertz CT molecular complexity index is 386. The Labute approximate surface area is 97.2 Å². The van der Waals surface area contributed by atoms with Crippen LogP contribution in [0.15, 0.2) is 18.2 Å². The van der Waals surface area contributed by atoms with Crippen molar-refractivity contribution < 1.29 is 4.79 Å². The number of benzene rings is 1. The molecule has 2 N–H and O–H groups in total. The highest BCUT2D eigenvalue weighted by atomic mass is 16.2. The smallest absolute Gasteiger partial charge is 0.230 e. The van der Waals surface area contributed by atoms with Crippen molar-refractivity contribution in [1.82, 2.24) is 4.90 Å². The van der Waals surface area contributed by atoms with Gasteiger partial charge in [0.15, 0.2) is 0 Å². The molecule has 0 aromatic heterocycles. The van der Waals surface area contributed by atoms with E-state index >= 15 is 0 Å². The van der Waals surface area contributed by atoms with E-state index in [0.29, 0.717) is 6.54 Å². The predicted molar refractivity (Wildman–Crippen MR) is 66.4 cm³/mol. The molecule has 0 bridgehead atoms. The van der Waals surface area contributed by atoms with Gasteiger partial charge in [0.2, 0.25) is 5.91 Å². The van der Waals surface area contributed by atoms with E-state index in [9.17, 15) is 4.79 Å². The molecule has 16 heavy (non-hydrogen) atoms. The number of carbonyl (C=O) groups is 1. The molecule has 0 heterocycles. The molecule has 0 fully saturated rings. The van der Waals surface area contributed by atoms with E-state index in [2.05, 4.69) is 6.07 Å². The molecule has 1 aromatic rings. The van der Waals surface area contributed by atoms with Crippen molar-refractivity contribution in [3.8, 4) is 0 Å². The third-order valence-electron chi connectivity index (χ3n) is 2.78. The van der Waals surface area contributed by atoms with Crippen molar-refractivity contribution >= 4 is 5.91 Å². The van der Waals surface area contributed by atoms with E-state index < -0.39 is 0 Å². The zero-order chi connectivity index (χ0) is 12.3. The Hall–Kier alpha value is -1.35. The first kappa shape index (κ1) is 12.7. The number of carbonyl (C=O) groups excluding carboxylic acids is 1. The summed E-state index contributed by atoms with van der Waals surface area (Å²) in [6.45, 7) is 4.41. The molecule has 0 aliphatic carbocycles. The number of nitrogens with zero attached hydrogens (tertiary/aromatic N) is 1. The first-order chi connectivity index (χ1) is 7.47. The van der Waals surface area contributed by atoms with E-state index in [-0.39, 0.29) is 11.8 Å². The van der Waals surface area contributed by atoms with E-state index in [1.165, 1.54) is 5.56 Å². The maximum absolute atomic E-state index is 12.0. The lowest BCUT2D eigenvalue weighted by Gasteiger charge is -2.21. The van der Waals surface area contributed by atoms with E-state index in [1.807, 2.05) is 26.0 Å². The highest BCUT2D eigenvalue weighted by Crippen LogP contribution is 2.21.